The number of nitrogens with zero attached hydrogens (tertiary/aromatic N) is 1. The summed E-state index contributed by atoms with van der Waals surface area (Å²) in [6, 6.07) is 3.73. The van der Waals surface area contributed by atoms with Crippen molar-refractivity contribution in [2.24, 2.45) is 4.99 Å². The highest BCUT2D eigenvalue weighted by Crippen LogP contribution is 2.34. The Morgan fingerprint density at radius 2 is 1.57 bits per heavy atom. The van der Waals surface area contributed by atoms with Gasteiger partial charge in [0.25, 0.3) is 0 Å². The number of rotatable bonds is 8. The van der Waals surface area contributed by atoms with E-state index in [-0.39, 0.29) is 24.0 Å². The molecular formula is C16H28IN3O3. The Bertz CT molecular complexity index is 470. The molecule has 0 fully saturated rings. The normalized spacial score (nSPS) is 10.6. The van der Waals surface area contributed by atoms with Crippen LogP contribution in [-0.4, -0.2) is 47.4 Å². The van der Waals surface area contributed by atoms with Crippen LogP contribution in [0.4, 0.5) is 0 Å². The zero-order valence-electron chi connectivity index (χ0n) is 14.6. The van der Waals surface area contributed by atoms with Crippen molar-refractivity contribution >= 4 is 29.9 Å². The molecule has 0 saturated carbocycles. The van der Waals surface area contributed by atoms with Gasteiger partial charge in [0, 0.05) is 37.8 Å². The molecule has 0 spiro atoms. The summed E-state index contributed by atoms with van der Waals surface area (Å²) in [6.45, 7) is 3.74. The second kappa shape index (κ2) is 12.1. The van der Waals surface area contributed by atoms with Crippen molar-refractivity contribution < 1.29 is 14.2 Å². The summed E-state index contributed by atoms with van der Waals surface area (Å²) in [5.41, 5.74) is 1.00. The van der Waals surface area contributed by atoms with Gasteiger partial charge in [-0.1, -0.05) is 6.92 Å². The topological polar surface area (TPSA) is 64.1 Å². The van der Waals surface area contributed by atoms with E-state index in [0.717, 1.165) is 49.0 Å². The molecule has 0 aliphatic heterocycles. The maximum absolute atomic E-state index is 5.45. The van der Waals surface area contributed by atoms with Crippen LogP contribution in [0, 0.1) is 0 Å². The quantitative estimate of drug-likeness (QED) is 0.372. The van der Waals surface area contributed by atoms with Crippen molar-refractivity contribution in [3.63, 3.8) is 0 Å². The largest absolute Gasteiger partial charge is 0.496 e. The van der Waals surface area contributed by atoms with Gasteiger partial charge in [0.05, 0.1) is 21.3 Å². The van der Waals surface area contributed by atoms with Crippen LogP contribution in [0.5, 0.6) is 17.2 Å². The van der Waals surface area contributed by atoms with Crippen molar-refractivity contribution in [2.45, 2.75) is 19.8 Å². The highest BCUT2D eigenvalue weighted by molar-refractivity contribution is 14.0. The fraction of sp³-hybridized carbons (Fsp3) is 0.562. The van der Waals surface area contributed by atoms with Gasteiger partial charge in [-0.15, -0.1) is 24.0 Å². The van der Waals surface area contributed by atoms with Gasteiger partial charge in [0.1, 0.15) is 17.2 Å². The first-order chi connectivity index (χ1) is 10.7. The summed E-state index contributed by atoms with van der Waals surface area (Å²) in [5, 5.41) is 6.52. The molecule has 0 heterocycles. The zero-order valence-corrected chi connectivity index (χ0v) is 16.9. The summed E-state index contributed by atoms with van der Waals surface area (Å²) in [6.07, 6.45) is 1.81. The van der Waals surface area contributed by atoms with E-state index < -0.39 is 0 Å². The van der Waals surface area contributed by atoms with Crippen LogP contribution >= 0.6 is 24.0 Å². The Morgan fingerprint density at radius 3 is 2.00 bits per heavy atom. The lowest BCUT2D eigenvalue weighted by molar-refractivity contribution is 0.368. The highest BCUT2D eigenvalue weighted by Gasteiger charge is 2.13. The lowest BCUT2D eigenvalue weighted by Crippen LogP contribution is -2.38. The van der Waals surface area contributed by atoms with Gasteiger partial charge in [-0.25, -0.2) is 0 Å². The molecule has 0 amide bonds. The number of hydrogen-bond acceptors (Lipinski definition) is 4. The second-order valence-electron chi connectivity index (χ2n) is 4.69. The molecule has 0 saturated heterocycles. The van der Waals surface area contributed by atoms with Gasteiger partial charge < -0.3 is 24.8 Å². The number of benzene rings is 1. The first-order valence-electron chi connectivity index (χ1n) is 7.43. The molecule has 7 heteroatoms. The van der Waals surface area contributed by atoms with Crippen LogP contribution in [-0.2, 0) is 6.42 Å². The Hall–Kier alpha value is -1.38. The van der Waals surface area contributed by atoms with E-state index in [4.69, 9.17) is 14.2 Å². The predicted octanol–water partition coefficient (Wildman–Crippen LogP) is 2.45. The minimum Gasteiger partial charge on any atom is -0.496 e. The lowest BCUT2D eigenvalue weighted by atomic mass is 10.1. The summed E-state index contributed by atoms with van der Waals surface area (Å²) < 4.78 is 16.1. The molecule has 0 radical (unpaired) electrons. The van der Waals surface area contributed by atoms with Crippen LogP contribution < -0.4 is 24.8 Å². The Balaban J connectivity index is 0.00000484. The molecule has 1 rings (SSSR count). The first-order valence-corrected chi connectivity index (χ1v) is 7.43. The smallest absolute Gasteiger partial charge is 0.190 e. The van der Waals surface area contributed by atoms with Crippen LogP contribution in [0.2, 0.25) is 0 Å². The molecule has 0 unspecified atom stereocenters. The van der Waals surface area contributed by atoms with E-state index in [1.807, 2.05) is 12.1 Å². The summed E-state index contributed by atoms with van der Waals surface area (Å²) >= 11 is 0. The van der Waals surface area contributed by atoms with Crippen LogP contribution in [0.25, 0.3) is 0 Å². The van der Waals surface area contributed by atoms with Gasteiger partial charge in [-0.2, -0.15) is 0 Å². The van der Waals surface area contributed by atoms with Crippen molar-refractivity contribution in [3.05, 3.63) is 17.7 Å². The molecule has 0 atom stereocenters. The molecule has 23 heavy (non-hydrogen) atoms. The van der Waals surface area contributed by atoms with Crippen molar-refractivity contribution in [1.29, 1.82) is 0 Å². The summed E-state index contributed by atoms with van der Waals surface area (Å²) in [7, 11) is 6.68. The van der Waals surface area contributed by atoms with Crippen LogP contribution in [0.3, 0.4) is 0 Å². The molecular weight excluding hydrogens is 409 g/mol. The minimum absolute atomic E-state index is 0. The van der Waals surface area contributed by atoms with E-state index in [0.29, 0.717) is 5.75 Å². The standard InChI is InChI=1S/C16H27N3O3.HI/c1-6-8-18-16(17-2)19-9-7-13-14(21-4)10-12(20-3)11-15(13)22-5;/h10-11H,6-9H2,1-5H3,(H2,17,18,19);1H. The number of aliphatic imine (C=N–C) groups is 1. The Kier molecular flexibility index (Phi) is 11.4. The first kappa shape index (κ1) is 21.6. The van der Waals surface area contributed by atoms with E-state index >= 15 is 0 Å². The summed E-state index contributed by atoms with van der Waals surface area (Å²) in [4.78, 5) is 4.18. The fourth-order valence-electron chi connectivity index (χ4n) is 2.09. The van der Waals surface area contributed by atoms with Crippen molar-refractivity contribution in [2.75, 3.05) is 41.5 Å². The minimum atomic E-state index is 0. The predicted molar refractivity (Wildman–Crippen MR) is 105 cm³/mol. The average Bonchev–Trinajstić information content (AvgIpc) is 2.57. The van der Waals surface area contributed by atoms with E-state index in [1.165, 1.54) is 0 Å². The van der Waals surface area contributed by atoms with Crippen LogP contribution in [0.1, 0.15) is 18.9 Å². The Morgan fingerprint density at radius 1 is 1.00 bits per heavy atom. The van der Waals surface area contributed by atoms with Gasteiger partial charge in [-0.3, -0.25) is 4.99 Å². The number of halogens is 1. The summed E-state index contributed by atoms with van der Waals surface area (Å²) in [5.74, 6) is 3.03. The van der Waals surface area contributed by atoms with E-state index in [9.17, 15) is 0 Å². The molecule has 2 N–H and O–H groups in total. The molecule has 1 aromatic rings. The third-order valence-corrected chi connectivity index (χ3v) is 3.25. The third-order valence-electron chi connectivity index (χ3n) is 3.25. The average molecular weight is 437 g/mol. The number of hydrogen-bond donors (Lipinski definition) is 2. The maximum atomic E-state index is 5.45. The fourth-order valence-corrected chi connectivity index (χ4v) is 2.09. The van der Waals surface area contributed by atoms with Crippen molar-refractivity contribution in [3.8, 4) is 17.2 Å². The third kappa shape index (κ3) is 6.72. The van der Waals surface area contributed by atoms with Gasteiger partial charge in [-0.05, 0) is 12.8 Å². The molecule has 6 nitrogen and oxygen atoms in total. The lowest BCUT2D eigenvalue weighted by Gasteiger charge is -2.16. The molecule has 0 aromatic heterocycles. The highest BCUT2D eigenvalue weighted by atomic mass is 127. The Labute approximate surface area is 156 Å². The second-order valence-corrected chi connectivity index (χ2v) is 4.69. The maximum Gasteiger partial charge on any atom is 0.190 e. The molecule has 1 aromatic carbocycles. The molecule has 0 aliphatic carbocycles. The van der Waals surface area contributed by atoms with Crippen molar-refractivity contribution in [1.82, 2.24) is 10.6 Å². The monoisotopic (exact) mass is 437 g/mol. The number of nitrogens with one attached hydrogen (secondary N) is 2. The molecule has 0 bridgehead atoms. The zero-order chi connectivity index (χ0) is 16.4. The van der Waals surface area contributed by atoms with E-state index in [1.54, 1.807) is 28.4 Å². The number of guanidine groups is 1. The molecule has 132 valence electrons. The number of ether oxygens (including phenoxy) is 3. The van der Waals surface area contributed by atoms with E-state index in [2.05, 4.69) is 22.5 Å². The molecule has 0 aliphatic rings. The van der Waals surface area contributed by atoms with Gasteiger partial charge >= 0.3 is 0 Å². The van der Waals surface area contributed by atoms with Gasteiger partial charge in [0.15, 0.2) is 5.96 Å². The SMILES string of the molecule is CCCNC(=NC)NCCc1c(OC)cc(OC)cc1OC.I. The van der Waals surface area contributed by atoms with Crippen LogP contribution in [0.15, 0.2) is 17.1 Å². The van der Waals surface area contributed by atoms with Gasteiger partial charge in [0.2, 0.25) is 0 Å². The number of methoxy groups -OCH3 is 3.